The summed E-state index contributed by atoms with van der Waals surface area (Å²) >= 11 is 0. The lowest BCUT2D eigenvalue weighted by molar-refractivity contribution is 0.357. The van der Waals surface area contributed by atoms with E-state index in [4.69, 9.17) is 14.8 Å². The predicted octanol–water partition coefficient (Wildman–Crippen LogP) is 0.888. The zero-order valence-corrected chi connectivity index (χ0v) is 8.18. The van der Waals surface area contributed by atoms with E-state index in [0.717, 1.165) is 6.26 Å². The van der Waals surface area contributed by atoms with Crippen molar-refractivity contribution < 1.29 is 27.4 Å². The van der Waals surface area contributed by atoms with Crippen LogP contribution in [0.3, 0.4) is 0 Å². The quantitative estimate of drug-likeness (QED) is 0.406. The highest BCUT2D eigenvalue weighted by Crippen LogP contribution is 2.25. The number of benzene rings is 1. The molecule has 0 fully saturated rings. The highest BCUT2D eigenvalue weighted by Gasteiger charge is 2.00. The summed E-state index contributed by atoms with van der Waals surface area (Å²) in [4.78, 5) is 0. The Balaban J connectivity index is 2.78. The van der Waals surface area contributed by atoms with Crippen LogP contribution in [-0.2, 0) is 14.6 Å². The number of hydrogen-bond donors (Lipinski definition) is 3. The second-order valence-corrected chi connectivity index (χ2v) is 3.62. The summed E-state index contributed by atoms with van der Waals surface area (Å²) in [6.45, 7) is 0. The molecule has 15 heavy (non-hydrogen) atoms. The van der Waals surface area contributed by atoms with Gasteiger partial charge in [-0.2, -0.15) is 8.42 Å². The Kier molecular flexibility index (Phi) is 3.17. The summed E-state index contributed by atoms with van der Waals surface area (Å²) in [5, 5.41) is 18.0. The van der Waals surface area contributed by atoms with Gasteiger partial charge in [0.25, 0.3) is 0 Å². The average Bonchev–Trinajstić information content (AvgIpc) is 2.09. The molecule has 0 radical (unpaired) electrons. The van der Waals surface area contributed by atoms with Crippen LogP contribution in [0.1, 0.15) is 5.56 Å². The smallest absolute Gasteiger partial charge is 0.445 e. The molecule has 0 atom stereocenters. The van der Waals surface area contributed by atoms with E-state index >= 15 is 0 Å². The van der Waals surface area contributed by atoms with Gasteiger partial charge in [-0.25, -0.2) is 0 Å². The van der Waals surface area contributed by atoms with Crippen molar-refractivity contribution in [2.45, 2.75) is 0 Å². The molecule has 0 aliphatic rings. The maximum Gasteiger partial charge on any atom is 0.445 e. The molecule has 3 N–H and O–H groups in total. The van der Waals surface area contributed by atoms with Crippen LogP contribution in [0.5, 0.6) is 11.5 Å². The third-order valence-electron chi connectivity index (χ3n) is 1.44. The van der Waals surface area contributed by atoms with E-state index in [1.165, 1.54) is 24.3 Å². The monoisotopic (exact) mass is 232 g/mol. The first-order valence-corrected chi connectivity index (χ1v) is 5.09. The Morgan fingerprint density at radius 2 is 1.87 bits per heavy atom. The topological polar surface area (TPSA) is 104 Å². The van der Waals surface area contributed by atoms with Crippen molar-refractivity contribution in [1.29, 1.82) is 0 Å². The van der Waals surface area contributed by atoms with Gasteiger partial charge in [-0.15, -0.1) is 0 Å². The predicted molar refractivity (Wildman–Crippen MR) is 51.4 cm³/mol. The molecule has 0 heterocycles. The molecule has 0 aromatic heterocycles. The van der Waals surface area contributed by atoms with Crippen LogP contribution in [0.2, 0.25) is 0 Å². The highest BCUT2D eigenvalue weighted by molar-refractivity contribution is 7.81. The van der Waals surface area contributed by atoms with Gasteiger partial charge in [0.15, 0.2) is 11.5 Å². The maximum atomic E-state index is 10.1. The maximum absolute atomic E-state index is 10.1. The molecule has 82 valence electrons. The molecule has 7 heteroatoms. The average molecular weight is 232 g/mol. The van der Waals surface area contributed by atoms with Crippen LogP contribution in [-0.4, -0.2) is 23.2 Å². The molecule has 0 amide bonds. The van der Waals surface area contributed by atoms with Crippen LogP contribution in [0.25, 0.3) is 6.08 Å². The van der Waals surface area contributed by atoms with Gasteiger partial charge in [-0.05, 0) is 23.8 Å². The third-order valence-corrected chi connectivity index (χ3v) is 1.79. The number of aromatic hydroxyl groups is 2. The van der Waals surface area contributed by atoms with E-state index < -0.39 is 10.4 Å². The summed E-state index contributed by atoms with van der Waals surface area (Å²) in [5.41, 5.74) is 0.397. The molecule has 1 aromatic rings. The minimum absolute atomic E-state index is 0.289. The summed E-state index contributed by atoms with van der Waals surface area (Å²) in [6, 6.07) is 3.83. The molecule has 0 spiro atoms. The van der Waals surface area contributed by atoms with Crippen molar-refractivity contribution in [3.63, 3.8) is 0 Å². The van der Waals surface area contributed by atoms with Crippen molar-refractivity contribution in [1.82, 2.24) is 0 Å². The number of hydrogen-bond acceptors (Lipinski definition) is 5. The number of phenols is 2. The van der Waals surface area contributed by atoms with E-state index in [2.05, 4.69) is 4.18 Å². The zero-order valence-electron chi connectivity index (χ0n) is 7.36. The zero-order chi connectivity index (χ0) is 11.5. The minimum Gasteiger partial charge on any atom is -0.504 e. The molecule has 0 unspecified atom stereocenters. The SMILES string of the molecule is O=S(=O)(O)O/C=C/c1ccc(O)c(O)c1. The molecule has 0 bridgehead atoms. The van der Waals surface area contributed by atoms with Gasteiger partial charge in [-0.1, -0.05) is 6.07 Å². The van der Waals surface area contributed by atoms with E-state index in [1.54, 1.807) is 0 Å². The second-order valence-electron chi connectivity index (χ2n) is 2.57. The Morgan fingerprint density at radius 3 is 2.40 bits per heavy atom. The molecule has 0 saturated heterocycles. The van der Waals surface area contributed by atoms with Gasteiger partial charge in [0.2, 0.25) is 0 Å². The summed E-state index contributed by atoms with van der Waals surface area (Å²) in [6.07, 6.45) is 1.92. The highest BCUT2D eigenvalue weighted by atomic mass is 32.3. The van der Waals surface area contributed by atoms with Gasteiger partial charge in [0, 0.05) is 0 Å². The first kappa shape index (κ1) is 11.3. The van der Waals surface area contributed by atoms with E-state index in [0.29, 0.717) is 5.56 Å². The summed E-state index contributed by atoms with van der Waals surface area (Å²) in [5.74, 6) is -0.633. The number of rotatable bonds is 3. The van der Waals surface area contributed by atoms with Crippen molar-refractivity contribution >= 4 is 16.5 Å². The normalized spacial score (nSPS) is 11.8. The largest absolute Gasteiger partial charge is 0.504 e. The second kappa shape index (κ2) is 4.20. The molecule has 6 nitrogen and oxygen atoms in total. The van der Waals surface area contributed by atoms with Gasteiger partial charge in [0.05, 0.1) is 0 Å². The minimum atomic E-state index is -4.51. The van der Waals surface area contributed by atoms with Gasteiger partial charge >= 0.3 is 10.4 Å². The van der Waals surface area contributed by atoms with Crippen LogP contribution >= 0.6 is 0 Å². The molecule has 0 saturated carbocycles. The molecule has 1 aromatic carbocycles. The van der Waals surface area contributed by atoms with Crippen LogP contribution < -0.4 is 0 Å². The fraction of sp³-hybridized carbons (Fsp3) is 0. The Bertz CT molecular complexity index is 476. The van der Waals surface area contributed by atoms with Gasteiger partial charge in [0.1, 0.15) is 6.26 Å². The molecule has 1 rings (SSSR count). The van der Waals surface area contributed by atoms with Crippen LogP contribution in [0, 0.1) is 0 Å². The Labute approximate surface area is 86.0 Å². The van der Waals surface area contributed by atoms with Gasteiger partial charge in [-0.3, -0.25) is 4.55 Å². The van der Waals surface area contributed by atoms with Crippen LogP contribution in [0.15, 0.2) is 24.5 Å². The lowest BCUT2D eigenvalue weighted by atomic mass is 10.2. The molecule has 0 aliphatic carbocycles. The van der Waals surface area contributed by atoms with E-state index in [-0.39, 0.29) is 11.5 Å². The first-order valence-electron chi connectivity index (χ1n) is 3.73. The van der Waals surface area contributed by atoms with Crippen molar-refractivity contribution in [3.05, 3.63) is 30.0 Å². The van der Waals surface area contributed by atoms with Crippen molar-refractivity contribution in [2.24, 2.45) is 0 Å². The fourth-order valence-electron chi connectivity index (χ4n) is 0.821. The fourth-order valence-corrected chi connectivity index (χ4v) is 1.02. The Hall–Kier alpha value is -1.73. The number of phenolic OH excluding ortho intramolecular Hbond substituents is 2. The standard InChI is InChI=1S/C8H8O6S/c9-7-2-1-6(5-8(7)10)3-4-14-15(11,12)13/h1-5,9-10H,(H,11,12,13)/b4-3+. The summed E-state index contributed by atoms with van der Waals surface area (Å²) in [7, 11) is -4.51. The van der Waals surface area contributed by atoms with E-state index in [1.807, 2.05) is 0 Å². The molecular weight excluding hydrogens is 224 g/mol. The Morgan fingerprint density at radius 1 is 1.20 bits per heavy atom. The molecule has 0 aliphatic heterocycles. The molecular formula is C8H8O6S. The first-order chi connectivity index (χ1) is 6.88. The van der Waals surface area contributed by atoms with Crippen molar-refractivity contribution in [3.8, 4) is 11.5 Å². The third kappa shape index (κ3) is 3.88. The lowest BCUT2D eigenvalue weighted by Crippen LogP contribution is -1.96. The van der Waals surface area contributed by atoms with E-state index in [9.17, 15) is 8.42 Å². The van der Waals surface area contributed by atoms with Gasteiger partial charge < -0.3 is 14.4 Å². The summed E-state index contributed by atoms with van der Waals surface area (Å²) < 4.78 is 32.4. The van der Waals surface area contributed by atoms with Crippen molar-refractivity contribution in [2.75, 3.05) is 0 Å². The van der Waals surface area contributed by atoms with Crippen LogP contribution in [0.4, 0.5) is 0 Å². The lowest BCUT2D eigenvalue weighted by Gasteiger charge is -1.98.